The van der Waals surface area contributed by atoms with E-state index in [1.54, 1.807) is 0 Å². The lowest BCUT2D eigenvalue weighted by molar-refractivity contribution is -0.142. The van der Waals surface area contributed by atoms with E-state index in [9.17, 15) is 31.4 Å². The summed E-state index contributed by atoms with van der Waals surface area (Å²) in [5, 5.41) is 10.5. The highest BCUT2D eigenvalue weighted by atomic mass is 19.4. The summed E-state index contributed by atoms with van der Waals surface area (Å²) in [7, 11) is 0. The minimum Gasteiger partial charge on any atom is -0.387 e. The molecule has 0 unspecified atom stereocenters. The van der Waals surface area contributed by atoms with E-state index in [4.69, 9.17) is 0 Å². The molecule has 0 amide bonds. The van der Waals surface area contributed by atoms with Gasteiger partial charge in [-0.1, -0.05) is 26.0 Å². The number of nitrogens with zero attached hydrogens (tertiary/aromatic N) is 2. The highest BCUT2D eigenvalue weighted by Gasteiger charge is 2.38. The number of para-hydroxylation sites is 1. The normalized spacial score (nSPS) is 14.1. The molecule has 0 spiro atoms. The molecule has 2 rings (SSSR count). The fraction of sp³-hybridized carbons (Fsp3) is 0.526. The van der Waals surface area contributed by atoms with Crippen LogP contribution in [0.15, 0.2) is 24.3 Å². The molecule has 0 aliphatic carbocycles. The highest BCUT2D eigenvalue weighted by molar-refractivity contribution is 5.86. The van der Waals surface area contributed by atoms with E-state index in [1.165, 1.54) is 6.07 Å². The molecule has 156 valence electrons. The van der Waals surface area contributed by atoms with E-state index < -0.39 is 35.2 Å². The van der Waals surface area contributed by atoms with Crippen LogP contribution in [-0.2, 0) is 12.4 Å². The molecule has 0 aliphatic rings. The van der Waals surface area contributed by atoms with Gasteiger partial charge in [0, 0.05) is 11.9 Å². The Morgan fingerprint density at radius 3 is 2.11 bits per heavy atom. The summed E-state index contributed by atoms with van der Waals surface area (Å²) in [5.41, 5.74) is -3.73. The highest BCUT2D eigenvalue weighted by Crippen LogP contribution is 2.39. The topological polar surface area (TPSA) is 36.4 Å². The van der Waals surface area contributed by atoms with Crippen molar-refractivity contribution in [2.75, 3.05) is 19.6 Å². The number of fused-ring (bicyclic) bond motifs is 1. The van der Waals surface area contributed by atoms with Gasteiger partial charge in [0.05, 0.1) is 17.2 Å². The zero-order valence-electron chi connectivity index (χ0n) is 15.5. The van der Waals surface area contributed by atoms with Crippen molar-refractivity contribution in [3.8, 4) is 0 Å². The SMILES string of the molecule is CCCN(CCC)C[C@H](O)c1cc(C(F)(F)F)nc2c(C(F)(F)F)cccc12. The molecule has 0 aliphatic heterocycles. The zero-order valence-corrected chi connectivity index (χ0v) is 15.5. The molecular weight excluding hydrogens is 386 g/mol. The summed E-state index contributed by atoms with van der Waals surface area (Å²) in [6.07, 6.45) is -9.64. The van der Waals surface area contributed by atoms with Gasteiger partial charge in [0.2, 0.25) is 0 Å². The van der Waals surface area contributed by atoms with Gasteiger partial charge in [-0.25, -0.2) is 4.98 Å². The molecule has 3 nitrogen and oxygen atoms in total. The third-order valence-corrected chi connectivity index (χ3v) is 4.34. The second-order valence-corrected chi connectivity index (χ2v) is 6.61. The lowest BCUT2D eigenvalue weighted by atomic mass is 9.99. The van der Waals surface area contributed by atoms with Gasteiger partial charge in [-0.3, -0.25) is 0 Å². The van der Waals surface area contributed by atoms with E-state index in [0.29, 0.717) is 25.2 Å². The summed E-state index contributed by atoms with van der Waals surface area (Å²) in [6, 6.07) is 3.68. The van der Waals surface area contributed by atoms with Crippen molar-refractivity contribution in [2.24, 2.45) is 0 Å². The molecule has 1 atom stereocenters. The van der Waals surface area contributed by atoms with E-state index in [1.807, 2.05) is 18.7 Å². The Morgan fingerprint density at radius 2 is 1.61 bits per heavy atom. The lowest BCUT2D eigenvalue weighted by Gasteiger charge is -2.25. The molecule has 0 radical (unpaired) electrons. The van der Waals surface area contributed by atoms with Crippen LogP contribution in [0.3, 0.4) is 0 Å². The Bertz CT molecular complexity index is 797. The number of halogens is 6. The largest absolute Gasteiger partial charge is 0.433 e. The van der Waals surface area contributed by atoms with Gasteiger partial charge in [-0.2, -0.15) is 26.3 Å². The van der Waals surface area contributed by atoms with Crippen LogP contribution in [0.1, 0.15) is 49.6 Å². The van der Waals surface area contributed by atoms with Gasteiger partial charge in [-0.15, -0.1) is 0 Å². The van der Waals surface area contributed by atoms with Gasteiger partial charge >= 0.3 is 12.4 Å². The quantitative estimate of drug-likeness (QED) is 0.621. The maximum Gasteiger partial charge on any atom is 0.433 e. The molecule has 0 fully saturated rings. The molecule has 1 N–H and O–H groups in total. The minimum absolute atomic E-state index is 0.0222. The van der Waals surface area contributed by atoms with Crippen LogP contribution in [0.4, 0.5) is 26.3 Å². The first kappa shape index (κ1) is 22.4. The Morgan fingerprint density at radius 1 is 1.00 bits per heavy atom. The summed E-state index contributed by atoms with van der Waals surface area (Å²) >= 11 is 0. The van der Waals surface area contributed by atoms with Crippen LogP contribution in [-0.4, -0.2) is 34.6 Å². The molecule has 1 aromatic heterocycles. The molecule has 0 saturated heterocycles. The van der Waals surface area contributed by atoms with Crippen LogP contribution in [0.25, 0.3) is 10.9 Å². The fourth-order valence-electron chi connectivity index (χ4n) is 3.19. The van der Waals surface area contributed by atoms with Crippen LogP contribution < -0.4 is 0 Å². The predicted molar refractivity (Wildman–Crippen MR) is 93.7 cm³/mol. The molecule has 2 aromatic rings. The van der Waals surface area contributed by atoms with Crippen LogP contribution in [0, 0.1) is 0 Å². The second kappa shape index (κ2) is 8.65. The number of pyridine rings is 1. The summed E-state index contributed by atoms with van der Waals surface area (Å²) < 4.78 is 79.7. The van der Waals surface area contributed by atoms with Crippen molar-refractivity contribution in [3.63, 3.8) is 0 Å². The van der Waals surface area contributed by atoms with Crippen LogP contribution in [0.5, 0.6) is 0 Å². The van der Waals surface area contributed by atoms with Crippen molar-refractivity contribution >= 4 is 10.9 Å². The Balaban J connectivity index is 2.63. The number of rotatable bonds is 7. The number of aliphatic hydroxyl groups is 1. The number of hydrogen-bond acceptors (Lipinski definition) is 3. The van der Waals surface area contributed by atoms with Crippen molar-refractivity contribution < 1.29 is 31.4 Å². The third-order valence-electron chi connectivity index (χ3n) is 4.34. The van der Waals surface area contributed by atoms with Crippen LogP contribution >= 0.6 is 0 Å². The molecular formula is C19H22F6N2O. The second-order valence-electron chi connectivity index (χ2n) is 6.61. The number of aromatic nitrogens is 1. The maximum absolute atomic E-state index is 13.3. The average Bonchev–Trinajstić information content (AvgIpc) is 2.59. The molecule has 9 heteroatoms. The Labute approximate surface area is 159 Å². The first-order valence-electron chi connectivity index (χ1n) is 8.97. The number of alkyl halides is 6. The van der Waals surface area contributed by atoms with Gasteiger partial charge in [-0.05, 0) is 43.6 Å². The molecule has 28 heavy (non-hydrogen) atoms. The average molecular weight is 408 g/mol. The predicted octanol–water partition coefficient (Wildman–Crippen LogP) is 5.43. The van der Waals surface area contributed by atoms with E-state index >= 15 is 0 Å². The van der Waals surface area contributed by atoms with Crippen LogP contribution in [0.2, 0.25) is 0 Å². The van der Waals surface area contributed by atoms with Crippen molar-refractivity contribution in [3.05, 3.63) is 41.1 Å². The van der Waals surface area contributed by atoms with E-state index in [0.717, 1.165) is 18.9 Å². The summed E-state index contributed by atoms with van der Waals surface area (Å²) in [6.45, 7) is 5.11. The zero-order chi connectivity index (χ0) is 21.1. The number of aliphatic hydroxyl groups excluding tert-OH is 1. The monoisotopic (exact) mass is 408 g/mol. The molecule has 1 aromatic carbocycles. The number of benzene rings is 1. The van der Waals surface area contributed by atoms with E-state index in [-0.39, 0.29) is 17.5 Å². The lowest BCUT2D eigenvalue weighted by Crippen LogP contribution is -2.30. The molecule has 0 bridgehead atoms. The summed E-state index contributed by atoms with van der Waals surface area (Å²) in [5.74, 6) is 0. The Hall–Kier alpha value is -1.87. The first-order valence-corrected chi connectivity index (χ1v) is 8.97. The van der Waals surface area contributed by atoms with Gasteiger partial charge in [0.25, 0.3) is 0 Å². The minimum atomic E-state index is -4.94. The molecule has 0 saturated carbocycles. The molecule has 1 heterocycles. The standard InChI is InChI=1S/C19H22F6N2O/c1-3-8-27(9-4-2)11-15(28)13-10-16(19(23,24)25)26-17-12(13)6-5-7-14(17)18(20,21)22/h5-7,10,15,28H,3-4,8-9,11H2,1-2H3/t15-/m0/s1. The number of hydrogen-bond donors (Lipinski definition) is 1. The maximum atomic E-state index is 13.3. The Kier molecular flexibility index (Phi) is 6.93. The smallest absolute Gasteiger partial charge is 0.387 e. The van der Waals surface area contributed by atoms with Gasteiger partial charge in [0.1, 0.15) is 5.69 Å². The van der Waals surface area contributed by atoms with E-state index in [2.05, 4.69) is 4.98 Å². The summed E-state index contributed by atoms with van der Waals surface area (Å²) in [4.78, 5) is 5.11. The van der Waals surface area contributed by atoms with Crippen molar-refractivity contribution in [1.29, 1.82) is 0 Å². The van der Waals surface area contributed by atoms with Crippen molar-refractivity contribution in [1.82, 2.24) is 9.88 Å². The fourth-order valence-corrected chi connectivity index (χ4v) is 3.19. The first-order chi connectivity index (χ1) is 13.0. The van der Waals surface area contributed by atoms with Gasteiger partial charge < -0.3 is 10.0 Å². The third kappa shape index (κ3) is 5.14. The van der Waals surface area contributed by atoms with Crippen molar-refractivity contribution in [2.45, 2.75) is 45.1 Å². The van der Waals surface area contributed by atoms with Gasteiger partial charge in [0.15, 0.2) is 0 Å².